The monoisotopic (exact) mass is 410 g/mol. The number of nitrogens with one attached hydrogen (secondary N) is 2. The second-order valence-corrected chi connectivity index (χ2v) is 8.40. The van der Waals surface area contributed by atoms with Crippen molar-refractivity contribution in [3.63, 3.8) is 0 Å². The summed E-state index contributed by atoms with van der Waals surface area (Å²) in [6.45, 7) is 4.04. The SMILES string of the molecule is CC(C)c1sc(Cl)nc1C(=O)N[C@@H](c1ccccc1)c1nc2ccccc2[nH]1. The summed E-state index contributed by atoms with van der Waals surface area (Å²) in [6, 6.07) is 17.1. The molecular formula is C21H19ClN4OS. The van der Waals surface area contributed by atoms with Gasteiger partial charge in [-0.25, -0.2) is 9.97 Å². The van der Waals surface area contributed by atoms with Crippen LogP contribution in [0.1, 0.15) is 52.6 Å². The van der Waals surface area contributed by atoms with Gasteiger partial charge in [0.2, 0.25) is 0 Å². The molecule has 2 heterocycles. The summed E-state index contributed by atoms with van der Waals surface area (Å²) in [7, 11) is 0. The molecule has 2 aromatic heterocycles. The van der Waals surface area contributed by atoms with Gasteiger partial charge >= 0.3 is 0 Å². The zero-order valence-corrected chi connectivity index (χ0v) is 17.0. The van der Waals surface area contributed by atoms with Crippen LogP contribution in [0.5, 0.6) is 0 Å². The summed E-state index contributed by atoms with van der Waals surface area (Å²) in [6.07, 6.45) is 0. The van der Waals surface area contributed by atoms with Crippen molar-refractivity contribution in [2.75, 3.05) is 0 Å². The van der Waals surface area contributed by atoms with Crippen molar-refractivity contribution in [2.24, 2.45) is 0 Å². The zero-order valence-electron chi connectivity index (χ0n) is 15.4. The molecule has 7 heteroatoms. The number of imidazole rings is 1. The molecule has 0 aliphatic heterocycles. The minimum Gasteiger partial charge on any atom is -0.340 e. The van der Waals surface area contributed by atoms with Gasteiger partial charge in [-0.2, -0.15) is 0 Å². The van der Waals surface area contributed by atoms with Crippen LogP contribution in [0.25, 0.3) is 11.0 Å². The number of para-hydroxylation sites is 2. The average molecular weight is 411 g/mol. The quantitative estimate of drug-likeness (QED) is 0.468. The maximum absolute atomic E-state index is 13.1. The molecule has 0 radical (unpaired) electrons. The summed E-state index contributed by atoms with van der Waals surface area (Å²) in [4.78, 5) is 26.2. The largest absolute Gasteiger partial charge is 0.340 e. The molecule has 0 unspecified atom stereocenters. The van der Waals surface area contributed by atoms with E-state index in [-0.39, 0.29) is 11.8 Å². The Morgan fingerprint density at radius 3 is 2.50 bits per heavy atom. The van der Waals surface area contributed by atoms with Gasteiger partial charge in [0.05, 0.1) is 11.0 Å². The second-order valence-electron chi connectivity index (χ2n) is 6.79. The van der Waals surface area contributed by atoms with E-state index in [1.165, 1.54) is 11.3 Å². The van der Waals surface area contributed by atoms with Gasteiger partial charge in [-0.15, -0.1) is 11.3 Å². The van der Waals surface area contributed by atoms with Gasteiger partial charge in [-0.05, 0) is 23.6 Å². The number of carbonyl (C=O) groups excluding carboxylic acids is 1. The van der Waals surface area contributed by atoms with Crippen molar-refractivity contribution < 1.29 is 4.79 Å². The first kappa shape index (κ1) is 18.7. The summed E-state index contributed by atoms with van der Waals surface area (Å²) in [5, 5.41) is 3.09. The highest BCUT2D eigenvalue weighted by molar-refractivity contribution is 7.16. The maximum atomic E-state index is 13.1. The number of rotatable bonds is 5. The van der Waals surface area contributed by atoms with Gasteiger partial charge in [-0.1, -0.05) is 67.9 Å². The molecule has 1 amide bonds. The molecule has 0 spiro atoms. The number of aromatic nitrogens is 3. The number of H-pyrrole nitrogens is 1. The van der Waals surface area contributed by atoms with E-state index in [9.17, 15) is 4.79 Å². The Hall–Kier alpha value is -2.70. The zero-order chi connectivity index (χ0) is 19.7. The van der Waals surface area contributed by atoms with Gasteiger partial charge in [0.25, 0.3) is 5.91 Å². The van der Waals surface area contributed by atoms with Crippen LogP contribution in [0.4, 0.5) is 0 Å². The number of amides is 1. The molecular weight excluding hydrogens is 392 g/mol. The Balaban J connectivity index is 1.73. The number of nitrogens with zero attached hydrogens (tertiary/aromatic N) is 2. The first-order valence-electron chi connectivity index (χ1n) is 8.99. The molecule has 2 N–H and O–H groups in total. The fourth-order valence-corrected chi connectivity index (χ4v) is 4.25. The first-order chi connectivity index (χ1) is 13.5. The van der Waals surface area contributed by atoms with E-state index in [1.54, 1.807) is 0 Å². The summed E-state index contributed by atoms with van der Waals surface area (Å²) >= 11 is 7.43. The maximum Gasteiger partial charge on any atom is 0.271 e. The lowest BCUT2D eigenvalue weighted by molar-refractivity contribution is 0.0936. The van der Waals surface area contributed by atoms with Crippen molar-refractivity contribution in [3.05, 3.63) is 81.0 Å². The molecule has 0 aliphatic rings. The number of thiazole rings is 1. The number of fused-ring (bicyclic) bond motifs is 1. The van der Waals surface area contributed by atoms with Crippen LogP contribution in [-0.4, -0.2) is 20.9 Å². The third kappa shape index (κ3) is 3.66. The van der Waals surface area contributed by atoms with Gasteiger partial charge < -0.3 is 10.3 Å². The molecule has 142 valence electrons. The molecule has 5 nitrogen and oxygen atoms in total. The van der Waals surface area contributed by atoms with Crippen LogP contribution in [0.15, 0.2) is 54.6 Å². The minimum atomic E-state index is -0.429. The molecule has 4 aromatic rings. The lowest BCUT2D eigenvalue weighted by Gasteiger charge is -2.17. The smallest absolute Gasteiger partial charge is 0.271 e. The van der Waals surface area contributed by atoms with Crippen LogP contribution in [-0.2, 0) is 0 Å². The molecule has 4 rings (SSSR count). The molecule has 0 fully saturated rings. The lowest BCUT2D eigenvalue weighted by Crippen LogP contribution is -2.31. The van der Waals surface area contributed by atoms with Gasteiger partial charge in [0, 0.05) is 4.88 Å². The summed E-state index contributed by atoms with van der Waals surface area (Å²) in [5.41, 5.74) is 3.09. The lowest BCUT2D eigenvalue weighted by atomic mass is 10.1. The van der Waals surface area contributed by atoms with Crippen LogP contribution < -0.4 is 5.32 Å². The summed E-state index contributed by atoms with van der Waals surface area (Å²) in [5.74, 6) is 0.571. The van der Waals surface area contributed by atoms with E-state index >= 15 is 0 Å². The molecule has 0 saturated carbocycles. The van der Waals surface area contributed by atoms with E-state index in [1.807, 2.05) is 68.4 Å². The number of carbonyl (C=O) groups is 1. The van der Waals surface area contributed by atoms with E-state index < -0.39 is 6.04 Å². The number of aromatic amines is 1. The topological polar surface area (TPSA) is 70.7 Å². The molecule has 2 aromatic carbocycles. The Kier molecular flexibility index (Phi) is 5.15. The number of hydrogen-bond donors (Lipinski definition) is 2. The molecule has 1 atom stereocenters. The van der Waals surface area contributed by atoms with Gasteiger partial charge in [0.1, 0.15) is 17.6 Å². The van der Waals surface area contributed by atoms with Crippen molar-refractivity contribution in [3.8, 4) is 0 Å². The Labute approximate surface area is 171 Å². The predicted octanol–water partition coefficient (Wildman–Crippen LogP) is 5.32. The molecule has 0 saturated heterocycles. The van der Waals surface area contributed by atoms with Gasteiger partial charge in [-0.3, -0.25) is 4.79 Å². The van der Waals surface area contributed by atoms with Crippen molar-refractivity contribution in [1.82, 2.24) is 20.3 Å². The van der Waals surface area contributed by atoms with Crippen molar-refractivity contribution in [2.45, 2.75) is 25.8 Å². The Bertz CT molecular complexity index is 1090. The highest BCUT2D eigenvalue weighted by Gasteiger charge is 2.25. The highest BCUT2D eigenvalue weighted by atomic mass is 35.5. The first-order valence-corrected chi connectivity index (χ1v) is 10.2. The minimum absolute atomic E-state index is 0.159. The third-order valence-electron chi connectivity index (χ3n) is 4.46. The second kappa shape index (κ2) is 7.73. The predicted molar refractivity (Wildman–Crippen MR) is 113 cm³/mol. The molecule has 0 bridgehead atoms. The van der Waals surface area contributed by atoms with Gasteiger partial charge in [0.15, 0.2) is 4.47 Å². The molecule has 28 heavy (non-hydrogen) atoms. The van der Waals surface area contributed by atoms with E-state index in [4.69, 9.17) is 11.6 Å². The van der Waals surface area contributed by atoms with E-state index in [0.29, 0.717) is 16.0 Å². The third-order valence-corrected chi connectivity index (χ3v) is 5.92. The van der Waals surface area contributed by atoms with Crippen LogP contribution in [0.3, 0.4) is 0 Å². The Morgan fingerprint density at radius 1 is 1.07 bits per heavy atom. The number of benzene rings is 2. The fourth-order valence-electron chi connectivity index (χ4n) is 3.12. The normalized spacial score (nSPS) is 12.4. The summed E-state index contributed by atoms with van der Waals surface area (Å²) < 4.78 is 0.369. The Morgan fingerprint density at radius 2 is 1.79 bits per heavy atom. The van der Waals surface area contributed by atoms with Crippen LogP contribution in [0.2, 0.25) is 4.47 Å². The average Bonchev–Trinajstić information content (AvgIpc) is 3.30. The number of halogens is 1. The van der Waals surface area contributed by atoms with Crippen LogP contribution >= 0.6 is 22.9 Å². The van der Waals surface area contributed by atoms with Crippen molar-refractivity contribution in [1.29, 1.82) is 0 Å². The highest BCUT2D eigenvalue weighted by Crippen LogP contribution is 2.30. The van der Waals surface area contributed by atoms with E-state index in [2.05, 4.69) is 20.3 Å². The van der Waals surface area contributed by atoms with E-state index in [0.717, 1.165) is 21.5 Å². The number of hydrogen-bond acceptors (Lipinski definition) is 4. The van der Waals surface area contributed by atoms with Crippen LogP contribution in [0, 0.1) is 0 Å². The van der Waals surface area contributed by atoms with Crippen molar-refractivity contribution >= 4 is 39.9 Å². The standard InChI is InChI=1S/C21H19ClN4OS/c1-12(2)18-17(26-21(22)28-18)20(27)25-16(13-8-4-3-5-9-13)19-23-14-10-6-7-11-15(14)24-19/h3-12,16H,1-2H3,(H,23,24)(H,25,27)/t16-/m0/s1. The fraction of sp³-hybridized carbons (Fsp3) is 0.190. The molecule has 0 aliphatic carbocycles.